The normalized spacial score (nSPS) is 11.6. The van der Waals surface area contributed by atoms with E-state index in [1.165, 1.54) is 0 Å². The van der Waals surface area contributed by atoms with Gasteiger partial charge in [-0.2, -0.15) is 0 Å². The number of phenols is 5. The topological polar surface area (TPSA) is 145 Å². The molecule has 0 amide bonds. The monoisotopic (exact) mass is 736 g/mol. The second-order valence-corrected chi connectivity index (χ2v) is 14.3. The van der Waals surface area contributed by atoms with Crippen molar-refractivity contribution in [3.63, 3.8) is 0 Å². The Morgan fingerprint density at radius 2 is 0.945 bits per heavy atom. The summed E-state index contributed by atoms with van der Waals surface area (Å²) < 4.78 is 4.39. The predicted octanol–water partition coefficient (Wildman–Crippen LogP) is 10.5. The molecule has 10 heteroatoms. The van der Waals surface area contributed by atoms with Gasteiger partial charge < -0.3 is 30.1 Å². The molecular weight excluding hydrogens is 709 g/mol. The number of aromatic hydroxyl groups is 5. The fraction of sp³-hybridized carbons (Fsp3) is 0. The Bertz CT molecular complexity index is 3070. The van der Waals surface area contributed by atoms with E-state index in [0.29, 0.717) is 23.0 Å². The number of phenolic OH excluding ortho intramolecular Hbond substituents is 5. The largest absolute Gasteiger partial charge is 0.504 e. The molecular formula is C45H28N4O5S. The van der Waals surface area contributed by atoms with Crippen LogP contribution in [0, 0.1) is 0 Å². The third kappa shape index (κ3) is 5.11. The van der Waals surface area contributed by atoms with Crippen LogP contribution >= 0.6 is 11.3 Å². The number of thiophene rings is 1. The fourth-order valence-electron chi connectivity index (χ4n) is 7.35. The van der Waals surface area contributed by atoms with Crippen LogP contribution in [-0.2, 0) is 0 Å². The van der Waals surface area contributed by atoms with E-state index >= 15 is 0 Å². The van der Waals surface area contributed by atoms with Crippen LogP contribution in [-0.4, -0.2) is 45.1 Å². The third-order valence-corrected chi connectivity index (χ3v) is 11.1. The number of hydrogen-bond acceptors (Lipinski definition) is 9. The van der Waals surface area contributed by atoms with Crippen molar-refractivity contribution in [1.29, 1.82) is 0 Å². The minimum absolute atomic E-state index is 0.193. The SMILES string of the molecule is Oc1c(O)c(O)c(-c2ccc3c(c2)c2ccccc2n3-c2ccc3sc4cc(-c5nc(-c6ccccc6)nc(-c6ccccc6)n5)ccc4c3c2)c(O)c1O. The van der Waals surface area contributed by atoms with E-state index in [-0.39, 0.29) is 5.56 Å². The number of fused-ring (bicyclic) bond motifs is 6. The van der Waals surface area contributed by atoms with Gasteiger partial charge in [0.25, 0.3) is 0 Å². The van der Waals surface area contributed by atoms with Crippen molar-refractivity contribution in [2.24, 2.45) is 0 Å². The first kappa shape index (κ1) is 32.2. The van der Waals surface area contributed by atoms with Crippen molar-refractivity contribution < 1.29 is 25.5 Å². The molecule has 3 heterocycles. The molecule has 0 unspecified atom stereocenters. The maximum atomic E-state index is 10.7. The number of para-hydroxylation sites is 1. The standard InChI is InChI=1S/C45H28N4O5S/c50-38-37(39(51)41(53)42(54)40(38)52)26-16-19-34-31(21-26)29-13-7-8-14-33(29)49(34)28-17-20-35-32(23-28)30-18-15-27(22-36(30)55-35)45-47-43(24-9-3-1-4-10-24)46-44(48-45)25-11-5-2-6-12-25/h1-23,50-54H. The highest BCUT2D eigenvalue weighted by molar-refractivity contribution is 7.25. The van der Waals surface area contributed by atoms with E-state index in [0.717, 1.165) is 64.4 Å². The minimum Gasteiger partial charge on any atom is -0.504 e. The molecule has 0 spiro atoms. The summed E-state index contributed by atoms with van der Waals surface area (Å²) in [5.41, 5.74) is 5.62. The quantitative estimate of drug-likeness (QED) is 0.0867. The van der Waals surface area contributed by atoms with Gasteiger partial charge in [0.2, 0.25) is 17.2 Å². The Kier molecular flexibility index (Phi) is 7.23. The molecule has 0 aliphatic carbocycles. The summed E-state index contributed by atoms with van der Waals surface area (Å²) in [4.78, 5) is 14.7. The molecule has 264 valence electrons. The average molecular weight is 737 g/mol. The smallest absolute Gasteiger partial charge is 0.208 e. The van der Waals surface area contributed by atoms with E-state index in [9.17, 15) is 25.5 Å². The Balaban J connectivity index is 1.10. The van der Waals surface area contributed by atoms with Gasteiger partial charge in [0, 0.05) is 53.3 Å². The van der Waals surface area contributed by atoms with Gasteiger partial charge in [-0.25, -0.2) is 15.0 Å². The average Bonchev–Trinajstić information content (AvgIpc) is 3.77. The van der Waals surface area contributed by atoms with Gasteiger partial charge in [-0.3, -0.25) is 0 Å². The first-order chi connectivity index (χ1) is 26.8. The molecule has 0 aliphatic heterocycles. The Hall–Kier alpha value is -7.43. The van der Waals surface area contributed by atoms with Gasteiger partial charge >= 0.3 is 0 Å². The maximum absolute atomic E-state index is 10.7. The molecule has 55 heavy (non-hydrogen) atoms. The number of hydrogen-bond donors (Lipinski definition) is 5. The van der Waals surface area contributed by atoms with Crippen LogP contribution in [0.25, 0.3) is 93.0 Å². The number of rotatable bonds is 5. The van der Waals surface area contributed by atoms with Gasteiger partial charge in [0.15, 0.2) is 29.0 Å². The van der Waals surface area contributed by atoms with Crippen LogP contribution in [0.4, 0.5) is 0 Å². The van der Waals surface area contributed by atoms with Crippen LogP contribution in [0.3, 0.4) is 0 Å². The molecule has 0 bridgehead atoms. The van der Waals surface area contributed by atoms with Crippen molar-refractivity contribution in [3.8, 4) is 79.7 Å². The molecule has 5 N–H and O–H groups in total. The van der Waals surface area contributed by atoms with Crippen molar-refractivity contribution >= 4 is 53.3 Å². The van der Waals surface area contributed by atoms with Crippen molar-refractivity contribution in [2.75, 3.05) is 0 Å². The molecule has 0 aliphatic rings. The summed E-state index contributed by atoms with van der Waals surface area (Å²) >= 11 is 1.70. The molecule has 3 aromatic heterocycles. The van der Waals surface area contributed by atoms with Crippen LogP contribution in [0.1, 0.15) is 0 Å². The van der Waals surface area contributed by atoms with Crippen molar-refractivity contribution in [1.82, 2.24) is 19.5 Å². The lowest BCUT2D eigenvalue weighted by Crippen LogP contribution is -1.99. The second kappa shape index (κ2) is 12.3. The molecule has 10 rings (SSSR count). The van der Waals surface area contributed by atoms with Crippen molar-refractivity contribution in [3.05, 3.63) is 140 Å². The summed E-state index contributed by atoms with van der Waals surface area (Å²) in [6.45, 7) is 0. The second-order valence-electron chi connectivity index (χ2n) is 13.2. The lowest BCUT2D eigenvalue weighted by atomic mass is 9.99. The predicted molar refractivity (Wildman–Crippen MR) is 217 cm³/mol. The summed E-state index contributed by atoms with van der Waals surface area (Å²) in [5, 5.41) is 55.7. The Labute approximate surface area is 316 Å². The van der Waals surface area contributed by atoms with Gasteiger partial charge in [-0.15, -0.1) is 11.3 Å². The highest BCUT2D eigenvalue weighted by atomic mass is 32.1. The molecule has 0 radical (unpaired) electrons. The molecule has 0 saturated carbocycles. The Morgan fingerprint density at radius 3 is 1.62 bits per heavy atom. The molecule has 10 aromatic rings. The Morgan fingerprint density at radius 1 is 0.382 bits per heavy atom. The van der Waals surface area contributed by atoms with Crippen LogP contribution in [0.2, 0.25) is 0 Å². The summed E-state index contributed by atoms with van der Waals surface area (Å²) in [5.74, 6) is -2.50. The van der Waals surface area contributed by atoms with Crippen LogP contribution < -0.4 is 0 Å². The fourth-order valence-corrected chi connectivity index (χ4v) is 8.47. The molecule has 0 saturated heterocycles. The van der Waals surface area contributed by atoms with Gasteiger partial charge in [0.1, 0.15) is 0 Å². The summed E-state index contributed by atoms with van der Waals surface area (Å²) in [6.07, 6.45) is 0. The number of aromatic nitrogens is 4. The number of benzene rings is 7. The summed E-state index contributed by atoms with van der Waals surface area (Å²) in [6, 6.07) is 45.9. The van der Waals surface area contributed by atoms with Crippen molar-refractivity contribution in [2.45, 2.75) is 0 Å². The van der Waals surface area contributed by atoms with E-state index in [4.69, 9.17) is 15.0 Å². The zero-order valence-corrected chi connectivity index (χ0v) is 29.5. The maximum Gasteiger partial charge on any atom is 0.208 e. The summed E-state index contributed by atoms with van der Waals surface area (Å²) in [7, 11) is 0. The van der Waals surface area contributed by atoms with Crippen LogP contribution in [0.5, 0.6) is 28.7 Å². The first-order valence-electron chi connectivity index (χ1n) is 17.4. The van der Waals surface area contributed by atoms with Gasteiger partial charge in [-0.05, 0) is 48.0 Å². The van der Waals surface area contributed by atoms with E-state index < -0.39 is 28.7 Å². The van der Waals surface area contributed by atoms with E-state index in [1.54, 1.807) is 23.5 Å². The third-order valence-electron chi connectivity index (χ3n) is 10.0. The highest BCUT2D eigenvalue weighted by Crippen LogP contribution is 2.55. The van der Waals surface area contributed by atoms with E-state index in [1.807, 2.05) is 91.0 Å². The first-order valence-corrected chi connectivity index (χ1v) is 18.2. The zero-order chi connectivity index (χ0) is 37.4. The molecule has 7 aromatic carbocycles. The molecule has 0 atom stereocenters. The highest BCUT2D eigenvalue weighted by Gasteiger charge is 2.25. The lowest BCUT2D eigenvalue weighted by molar-refractivity contribution is 0.330. The van der Waals surface area contributed by atoms with Gasteiger partial charge in [-0.1, -0.05) is 97.1 Å². The minimum atomic E-state index is -0.996. The lowest BCUT2D eigenvalue weighted by Gasteiger charge is -2.13. The zero-order valence-electron chi connectivity index (χ0n) is 28.7. The number of nitrogens with zero attached hydrogens (tertiary/aromatic N) is 4. The van der Waals surface area contributed by atoms with Crippen LogP contribution in [0.15, 0.2) is 140 Å². The molecule has 0 fully saturated rings. The molecule has 9 nitrogen and oxygen atoms in total. The van der Waals surface area contributed by atoms with Gasteiger partial charge in [0.05, 0.1) is 16.6 Å². The van der Waals surface area contributed by atoms with E-state index in [2.05, 4.69) is 41.0 Å².